The quantitative estimate of drug-likeness (QED) is 0.168. The van der Waals surface area contributed by atoms with Gasteiger partial charge in [-0.15, -0.1) is 6.58 Å². The molecule has 3 aromatic rings. The van der Waals surface area contributed by atoms with Crippen molar-refractivity contribution in [2.24, 2.45) is 0 Å². The number of nitrogens with one attached hydrogen (secondary N) is 2. The number of amides is 4. The molecule has 2 N–H and O–H groups in total. The summed E-state index contributed by atoms with van der Waals surface area (Å²) >= 11 is 0. The van der Waals surface area contributed by atoms with Gasteiger partial charge in [0.05, 0.1) is 6.61 Å². The fourth-order valence-electron chi connectivity index (χ4n) is 4.51. The van der Waals surface area contributed by atoms with Crippen LogP contribution in [0.5, 0.6) is 11.5 Å². The van der Waals surface area contributed by atoms with Crippen LogP contribution in [0.1, 0.15) is 41.7 Å². The van der Waals surface area contributed by atoms with Crippen LogP contribution in [0.3, 0.4) is 0 Å². The third kappa shape index (κ3) is 7.22. The van der Waals surface area contributed by atoms with E-state index in [1.807, 2.05) is 69.3 Å². The van der Waals surface area contributed by atoms with Crippen LogP contribution in [0.15, 0.2) is 79.0 Å². The standard InChI is InChI=1S/C33H35N3O5/c1-5-10-26-17-24(19-29(40-7-3)31(26)41-21-23-15-13-22(4)14-16-23)18-28-32(38)36(33(39)35-28)20-30(37)34-27-12-9-8-11-25(27)6-2/h5,8-9,11-19H,1,6-7,10,20-21H2,2-4H3,(H,34,37)(H,35,39)/b28-18+. The van der Waals surface area contributed by atoms with E-state index in [4.69, 9.17) is 9.47 Å². The Morgan fingerprint density at radius 1 is 1.02 bits per heavy atom. The summed E-state index contributed by atoms with van der Waals surface area (Å²) < 4.78 is 12.1. The van der Waals surface area contributed by atoms with Crippen molar-refractivity contribution in [3.05, 3.63) is 107 Å². The van der Waals surface area contributed by atoms with Gasteiger partial charge in [-0.05, 0) is 67.7 Å². The predicted octanol–water partition coefficient (Wildman–Crippen LogP) is 5.80. The first-order valence-corrected chi connectivity index (χ1v) is 13.6. The summed E-state index contributed by atoms with van der Waals surface area (Å²) in [6.45, 7) is 10.1. The molecule has 4 rings (SSSR count). The van der Waals surface area contributed by atoms with Crippen LogP contribution in [0.2, 0.25) is 0 Å². The SMILES string of the molecule is C=CCc1cc(/C=C2/NC(=O)N(CC(=O)Nc3ccccc3CC)C2=O)cc(OCC)c1OCc1ccc(C)cc1. The summed E-state index contributed by atoms with van der Waals surface area (Å²) in [5.74, 6) is 0.0739. The predicted molar refractivity (Wildman–Crippen MR) is 160 cm³/mol. The number of carbonyl (C=O) groups excluding carboxylic acids is 3. The lowest BCUT2D eigenvalue weighted by Crippen LogP contribution is -2.38. The number of hydrogen-bond acceptors (Lipinski definition) is 5. The summed E-state index contributed by atoms with van der Waals surface area (Å²) in [4.78, 5) is 39.4. The van der Waals surface area contributed by atoms with E-state index in [1.165, 1.54) is 5.56 Å². The number of aryl methyl sites for hydroxylation is 2. The largest absolute Gasteiger partial charge is 0.490 e. The molecule has 4 amide bonds. The highest BCUT2D eigenvalue weighted by molar-refractivity contribution is 6.16. The lowest BCUT2D eigenvalue weighted by molar-refractivity contribution is -0.127. The number of urea groups is 1. The van der Waals surface area contributed by atoms with Crippen molar-refractivity contribution in [3.8, 4) is 11.5 Å². The van der Waals surface area contributed by atoms with E-state index in [-0.39, 0.29) is 5.70 Å². The maximum Gasteiger partial charge on any atom is 0.329 e. The fourth-order valence-corrected chi connectivity index (χ4v) is 4.51. The maximum absolute atomic E-state index is 13.1. The van der Waals surface area contributed by atoms with E-state index in [0.29, 0.717) is 42.4 Å². The van der Waals surface area contributed by atoms with Crippen LogP contribution in [-0.4, -0.2) is 35.9 Å². The van der Waals surface area contributed by atoms with Gasteiger partial charge < -0.3 is 20.1 Å². The zero-order valence-electron chi connectivity index (χ0n) is 23.7. The molecule has 1 aliphatic heterocycles. The molecule has 1 fully saturated rings. The van der Waals surface area contributed by atoms with Crippen LogP contribution in [0.25, 0.3) is 6.08 Å². The number of rotatable bonds is 12. The second kappa shape index (κ2) is 13.5. The van der Waals surface area contributed by atoms with E-state index in [2.05, 4.69) is 17.2 Å². The Hall–Kier alpha value is -4.85. The Labute approximate surface area is 240 Å². The second-order valence-electron chi connectivity index (χ2n) is 9.65. The lowest BCUT2D eigenvalue weighted by Gasteiger charge is -2.17. The van der Waals surface area contributed by atoms with Gasteiger partial charge in [-0.2, -0.15) is 0 Å². The molecule has 0 aromatic heterocycles. The molecule has 0 radical (unpaired) electrons. The Balaban J connectivity index is 1.54. The third-order valence-corrected chi connectivity index (χ3v) is 6.57. The molecule has 3 aromatic carbocycles. The molecule has 0 unspecified atom stereocenters. The van der Waals surface area contributed by atoms with Gasteiger partial charge in [-0.3, -0.25) is 9.59 Å². The number of para-hydroxylation sites is 1. The molecule has 8 nitrogen and oxygen atoms in total. The van der Waals surface area contributed by atoms with E-state index in [1.54, 1.807) is 24.3 Å². The van der Waals surface area contributed by atoms with Gasteiger partial charge in [0.1, 0.15) is 18.8 Å². The summed E-state index contributed by atoms with van der Waals surface area (Å²) in [5.41, 5.74) is 5.35. The number of ether oxygens (including phenoxy) is 2. The highest BCUT2D eigenvalue weighted by atomic mass is 16.5. The Morgan fingerprint density at radius 3 is 2.49 bits per heavy atom. The van der Waals surface area contributed by atoms with Crippen LogP contribution >= 0.6 is 0 Å². The molecule has 8 heteroatoms. The zero-order chi connectivity index (χ0) is 29.4. The fraction of sp³-hybridized carbons (Fsp3) is 0.242. The molecule has 212 valence electrons. The molecule has 41 heavy (non-hydrogen) atoms. The highest BCUT2D eigenvalue weighted by Gasteiger charge is 2.35. The second-order valence-corrected chi connectivity index (χ2v) is 9.65. The molecular weight excluding hydrogens is 518 g/mol. The van der Waals surface area contributed by atoms with Crippen LogP contribution < -0.4 is 20.1 Å². The molecule has 0 atom stereocenters. The molecule has 0 bridgehead atoms. The average Bonchev–Trinajstić information content (AvgIpc) is 3.21. The molecular formula is C33H35N3O5. The summed E-state index contributed by atoms with van der Waals surface area (Å²) in [6, 6.07) is 18.5. The van der Waals surface area contributed by atoms with Gasteiger partial charge in [0, 0.05) is 11.3 Å². The topological polar surface area (TPSA) is 97.0 Å². The molecule has 1 saturated heterocycles. The van der Waals surface area contributed by atoms with Gasteiger partial charge >= 0.3 is 6.03 Å². The number of carbonyl (C=O) groups is 3. The van der Waals surface area contributed by atoms with Crippen molar-refractivity contribution in [2.45, 2.75) is 40.2 Å². The Kier molecular flexibility index (Phi) is 9.58. The molecule has 0 aliphatic carbocycles. The first kappa shape index (κ1) is 29.1. The third-order valence-electron chi connectivity index (χ3n) is 6.57. The average molecular weight is 554 g/mol. The smallest absolute Gasteiger partial charge is 0.329 e. The normalized spacial score (nSPS) is 13.7. The van der Waals surface area contributed by atoms with E-state index >= 15 is 0 Å². The number of nitrogens with zero attached hydrogens (tertiary/aromatic N) is 1. The van der Waals surface area contributed by atoms with Crippen molar-refractivity contribution in [1.29, 1.82) is 0 Å². The van der Waals surface area contributed by atoms with Crippen molar-refractivity contribution in [3.63, 3.8) is 0 Å². The molecule has 0 saturated carbocycles. The first-order chi connectivity index (χ1) is 19.8. The van der Waals surface area contributed by atoms with Crippen LogP contribution in [0, 0.1) is 6.92 Å². The van der Waals surface area contributed by atoms with Gasteiger partial charge in [0.15, 0.2) is 11.5 Å². The van der Waals surface area contributed by atoms with Gasteiger partial charge in [0.25, 0.3) is 5.91 Å². The van der Waals surface area contributed by atoms with Gasteiger partial charge in [-0.25, -0.2) is 9.69 Å². The summed E-state index contributed by atoms with van der Waals surface area (Å²) in [6.07, 6.45) is 4.58. The van der Waals surface area contributed by atoms with E-state index in [9.17, 15) is 14.4 Å². The van der Waals surface area contributed by atoms with Gasteiger partial charge in [0.2, 0.25) is 5.91 Å². The molecule has 1 heterocycles. The van der Waals surface area contributed by atoms with Crippen LogP contribution in [-0.2, 0) is 29.0 Å². The van der Waals surface area contributed by atoms with Crippen molar-refractivity contribution in [2.75, 3.05) is 18.5 Å². The van der Waals surface area contributed by atoms with Gasteiger partial charge in [-0.1, -0.05) is 61.0 Å². The number of hydrogen-bond donors (Lipinski definition) is 2. The minimum atomic E-state index is -0.658. The summed E-state index contributed by atoms with van der Waals surface area (Å²) in [7, 11) is 0. The monoisotopic (exact) mass is 553 g/mol. The minimum absolute atomic E-state index is 0.0667. The zero-order valence-corrected chi connectivity index (χ0v) is 23.7. The summed E-state index contributed by atoms with van der Waals surface area (Å²) in [5, 5.41) is 5.39. The van der Waals surface area contributed by atoms with Crippen molar-refractivity contribution >= 4 is 29.6 Å². The van der Waals surface area contributed by atoms with E-state index in [0.717, 1.165) is 28.0 Å². The lowest BCUT2D eigenvalue weighted by atomic mass is 10.0. The number of imide groups is 1. The maximum atomic E-state index is 13.1. The molecule has 0 spiro atoms. The Morgan fingerprint density at radius 2 is 1.78 bits per heavy atom. The van der Waals surface area contributed by atoms with Crippen molar-refractivity contribution < 1.29 is 23.9 Å². The minimum Gasteiger partial charge on any atom is -0.490 e. The highest BCUT2D eigenvalue weighted by Crippen LogP contribution is 2.35. The molecule has 1 aliphatic rings. The Bertz CT molecular complexity index is 1480. The number of benzene rings is 3. The van der Waals surface area contributed by atoms with Crippen molar-refractivity contribution in [1.82, 2.24) is 10.2 Å². The number of allylic oxidation sites excluding steroid dienone is 1. The van der Waals surface area contributed by atoms with Crippen LogP contribution in [0.4, 0.5) is 10.5 Å². The first-order valence-electron chi connectivity index (χ1n) is 13.6. The number of anilines is 1. The van der Waals surface area contributed by atoms with E-state index < -0.39 is 24.4 Å².